The fourth-order valence-electron chi connectivity index (χ4n) is 1.65. The molecule has 0 spiro atoms. The molecule has 0 unspecified atom stereocenters. The Balaban J connectivity index is 2.61. The van der Waals surface area contributed by atoms with Crippen molar-refractivity contribution in [3.8, 4) is 0 Å². The molecule has 1 fully saturated rings. The van der Waals surface area contributed by atoms with Crippen LogP contribution in [0.15, 0.2) is 0 Å². The van der Waals surface area contributed by atoms with Crippen molar-refractivity contribution in [2.75, 3.05) is 13.1 Å². The van der Waals surface area contributed by atoms with Gasteiger partial charge in [-0.1, -0.05) is 6.92 Å². The summed E-state index contributed by atoms with van der Waals surface area (Å²) in [6.45, 7) is 4.37. The van der Waals surface area contributed by atoms with E-state index in [4.69, 9.17) is 5.21 Å². The van der Waals surface area contributed by atoms with Crippen molar-refractivity contribution in [2.24, 2.45) is 11.8 Å². The Morgan fingerprint density at radius 1 is 1.46 bits per heavy atom. The van der Waals surface area contributed by atoms with Gasteiger partial charge in [-0.2, -0.15) is 0 Å². The molecule has 5 heteroatoms. The lowest BCUT2D eigenvalue weighted by Gasteiger charge is -2.12. The molecule has 0 aromatic carbocycles. The first-order valence-corrected chi connectivity index (χ1v) is 4.25. The normalized spacial score (nSPS) is 27.5. The van der Waals surface area contributed by atoms with E-state index >= 15 is 0 Å². The van der Waals surface area contributed by atoms with E-state index in [0.29, 0.717) is 13.1 Å². The molecular weight excluding hydrogens is 172 g/mol. The zero-order valence-electron chi connectivity index (χ0n) is 7.78. The Morgan fingerprint density at radius 3 is 2.46 bits per heavy atom. The van der Waals surface area contributed by atoms with Gasteiger partial charge >= 0.3 is 0 Å². The summed E-state index contributed by atoms with van der Waals surface area (Å²) in [5.41, 5.74) is 1.62. The molecule has 0 aromatic rings. The average Bonchev–Trinajstić information content (AvgIpc) is 2.46. The third-order valence-electron chi connectivity index (χ3n) is 2.50. The highest BCUT2D eigenvalue weighted by molar-refractivity contribution is 5.80. The lowest BCUT2D eigenvalue weighted by molar-refractivity contribution is -0.134. The molecule has 1 saturated heterocycles. The number of carbonyl (C=O) groups is 2. The van der Waals surface area contributed by atoms with Crippen LogP contribution in [0.2, 0.25) is 0 Å². The zero-order chi connectivity index (χ0) is 10.0. The van der Waals surface area contributed by atoms with Crippen molar-refractivity contribution in [2.45, 2.75) is 13.8 Å². The SMILES string of the molecule is CC(=O)N1C[C@@H](C)[C@H](C(=O)NO)C1. The van der Waals surface area contributed by atoms with Crippen molar-refractivity contribution in [3.63, 3.8) is 0 Å². The summed E-state index contributed by atoms with van der Waals surface area (Å²) in [7, 11) is 0. The minimum absolute atomic E-state index is 0.0277. The van der Waals surface area contributed by atoms with Gasteiger partial charge in [0.15, 0.2) is 0 Å². The second kappa shape index (κ2) is 3.74. The maximum absolute atomic E-state index is 11.1. The minimum atomic E-state index is -0.406. The largest absolute Gasteiger partial charge is 0.342 e. The Morgan fingerprint density at radius 2 is 2.08 bits per heavy atom. The summed E-state index contributed by atoms with van der Waals surface area (Å²) in [4.78, 5) is 23.7. The molecule has 0 bridgehead atoms. The highest BCUT2D eigenvalue weighted by atomic mass is 16.5. The maximum atomic E-state index is 11.1. The first kappa shape index (κ1) is 9.98. The summed E-state index contributed by atoms with van der Waals surface area (Å²) in [6, 6.07) is 0. The van der Waals surface area contributed by atoms with E-state index in [1.54, 1.807) is 10.4 Å². The minimum Gasteiger partial charge on any atom is -0.342 e. The Hall–Kier alpha value is -1.10. The summed E-state index contributed by atoms with van der Waals surface area (Å²) >= 11 is 0. The van der Waals surface area contributed by atoms with E-state index < -0.39 is 5.91 Å². The van der Waals surface area contributed by atoms with E-state index in [9.17, 15) is 9.59 Å². The van der Waals surface area contributed by atoms with Crippen LogP contribution < -0.4 is 5.48 Å². The molecule has 0 radical (unpaired) electrons. The molecule has 0 saturated carbocycles. The number of amides is 2. The smallest absolute Gasteiger partial charge is 0.248 e. The summed E-state index contributed by atoms with van der Waals surface area (Å²) in [6.07, 6.45) is 0. The number of nitrogens with one attached hydrogen (secondary N) is 1. The van der Waals surface area contributed by atoms with Gasteiger partial charge in [-0.05, 0) is 5.92 Å². The van der Waals surface area contributed by atoms with Gasteiger partial charge in [-0.25, -0.2) is 5.48 Å². The Bertz CT molecular complexity index is 229. The Labute approximate surface area is 76.7 Å². The van der Waals surface area contributed by atoms with Crippen LogP contribution in [0.4, 0.5) is 0 Å². The maximum Gasteiger partial charge on any atom is 0.248 e. The van der Waals surface area contributed by atoms with Gasteiger partial charge in [0.25, 0.3) is 0 Å². The van der Waals surface area contributed by atoms with Crippen LogP contribution >= 0.6 is 0 Å². The molecule has 2 amide bonds. The highest BCUT2D eigenvalue weighted by Gasteiger charge is 2.35. The Kier molecular flexibility index (Phi) is 2.87. The van der Waals surface area contributed by atoms with Crippen LogP contribution in [0.3, 0.4) is 0 Å². The van der Waals surface area contributed by atoms with E-state index in [1.807, 2.05) is 6.92 Å². The van der Waals surface area contributed by atoms with Crippen molar-refractivity contribution in [3.05, 3.63) is 0 Å². The molecule has 1 heterocycles. The topological polar surface area (TPSA) is 69.6 Å². The van der Waals surface area contributed by atoms with Crippen LogP contribution in [-0.2, 0) is 9.59 Å². The van der Waals surface area contributed by atoms with Crippen LogP contribution in [0.1, 0.15) is 13.8 Å². The lowest BCUT2D eigenvalue weighted by atomic mass is 9.98. The number of nitrogens with zero attached hydrogens (tertiary/aromatic N) is 1. The highest BCUT2D eigenvalue weighted by Crippen LogP contribution is 2.22. The molecular formula is C8H14N2O3. The number of likely N-dealkylation sites (tertiary alicyclic amines) is 1. The van der Waals surface area contributed by atoms with Gasteiger partial charge in [0.2, 0.25) is 11.8 Å². The predicted molar refractivity (Wildman–Crippen MR) is 44.8 cm³/mol. The number of hydrogen-bond acceptors (Lipinski definition) is 3. The van der Waals surface area contributed by atoms with Crippen molar-refractivity contribution in [1.29, 1.82) is 0 Å². The van der Waals surface area contributed by atoms with Crippen molar-refractivity contribution >= 4 is 11.8 Å². The summed E-state index contributed by atoms with van der Waals surface area (Å²) in [5.74, 6) is -0.610. The van der Waals surface area contributed by atoms with Gasteiger partial charge in [-0.3, -0.25) is 14.8 Å². The second-order valence-electron chi connectivity index (χ2n) is 3.48. The van der Waals surface area contributed by atoms with E-state index in [-0.39, 0.29) is 17.7 Å². The van der Waals surface area contributed by atoms with Crippen molar-refractivity contribution < 1.29 is 14.8 Å². The molecule has 1 aliphatic rings. The van der Waals surface area contributed by atoms with Gasteiger partial charge < -0.3 is 4.90 Å². The quantitative estimate of drug-likeness (QED) is 0.432. The molecule has 1 rings (SSSR count). The molecule has 74 valence electrons. The van der Waals surface area contributed by atoms with E-state index in [1.165, 1.54) is 6.92 Å². The average molecular weight is 186 g/mol. The monoisotopic (exact) mass is 186 g/mol. The standard InChI is InChI=1S/C8H14N2O3/c1-5-3-10(6(2)11)4-7(5)8(12)9-13/h5,7,13H,3-4H2,1-2H3,(H,9,12)/t5-,7-/m1/s1. The number of hydroxylamine groups is 1. The third-order valence-corrected chi connectivity index (χ3v) is 2.50. The molecule has 0 aromatic heterocycles. The fourth-order valence-corrected chi connectivity index (χ4v) is 1.65. The molecule has 0 aliphatic carbocycles. The first-order valence-electron chi connectivity index (χ1n) is 4.25. The third kappa shape index (κ3) is 1.98. The zero-order valence-corrected chi connectivity index (χ0v) is 7.78. The summed E-state index contributed by atoms with van der Waals surface area (Å²) < 4.78 is 0. The molecule has 2 atom stereocenters. The first-order chi connectivity index (χ1) is 6.06. The van der Waals surface area contributed by atoms with Gasteiger partial charge in [-0.15, -0.1) is 0 Å². The second-order valence-corrected chi connectivity index (χ2v) is 3.48. The molecule has 5 nitrogen and oxygen atoms in total. The number of hydrogen-bond donors (Lipinski definition) is 2. The van der Waals surface area contributed by atoms with Crippen LogP contribution in [0, 0.1) is 11.8 Å². The molecule has 13 heavy (non-hydrogen) atoms. The molecule has 2 N–H and O–H groups in total. The molecule has 1 aliphatic heterocycles. The van der Waals surface area contributed by atoms with Gasteiger partial charge in [0.05, 0.1) is 5.92 Å². The van der Waals surface area contributed by atoms with Crippen molar-refractivity contribution in [1.82, 2.24) is 10.4 Å². The van der Waals surface area contributed by atoms with Crippen LogP contribution in [0.25, 0.3) is 0 Å². The lowest BCUT2D eigenvalue weighted by Crippen LogP contribution is -2.33. The van der Waals surface area contributed by atoms with E-state index in [0.717, 1.165) is 0 Å². The van der Waals surface area contributed by atoms with Crippen LogP contribution in [0.5, 0.6) is 0 Å². The van der Waals surface area contributed by atoms with E-state index in [2.05, 4.69) is 0 Å². The van der Waals surface area contributed by atoms with Gasteiger partial charge in [0, 0.05) is 20.0 Å². The fraction of sp³-hybridized carbons (Fsp3) is 0.750. The number of carbonyl (C=O) groups excluding carboxylic acids is 2. The number of rotatable bonds is 1. The summed E-state index contributed by atoms with van der Waals surface area (Å²) in [5, 5.41) is 8.43. The predicted octanol–water partition coefficient (Wildman–Crippen LogP) is -0.394. The van der Waals surface area contributed by atoms with Gasteiger partial charge in [0.1, 0.15) is 0 Å². The van der Waals surface area contributed by atoms with Crippen LogP contribution in [-0.4, -0.2) is 35.0 Å².